The summed E-state index contributed by atoms with van der Waals surface area (Å²) in [6, 6.07) is 0. The second-order valence-electron chi connectivity index (χ2n) is 16.1. The van der Waals surface area contributed by atoms with Crippen LogP contribution >= 0.6 is 74.6 Å². The monoisotopic (exact) mass is 1110 g/mol. The van der Waals surface area contributed by atoms with E-state index in [2.05, 4.69) is 63.4 Å². The molecule has 9 rings (SSSR count). The molecule has 0 atom stereocenters. The third-order valence-electron chi connectivity index (χ3n) is 9.94. The number of hydrogen-bond donors (Lipinski definition) is 4. The van der Waals surface area contributed by atoms with Gasteiger partial charge in [-0.05, 0) is 84.6 Å². The van der Waals surface area contributed by atoms with Crippen molar-refractivity contribution in [2.24, 2.45) is 22.2 Å². The number of thiocarbonyl (C=S) groups is 1. The van der Waals surface area contributed by atoms with E-state index in [1.807, 2.05) is 59.2 Å². The Kier molecular flexibility index (Phi) is 26.3. The van der Waals surface area contributed by atoms with Gasteiger partial charge in [-0.3, -0.25) is 33.8 Å². The number of nitrogens with one attached hydrogen (secondary N) is 1. The van der Waals surface area contributed by atoms with Gasteiger partial charge in [-0.25, -0.2) is 24.9 Å². The lowest BCUT2D eigenvalue weighted by atomic mass is 9.96. The molecule has 5 aliphatic carbocycles. The molecule has 0 radical (unpaired) electrons. The summed E-state index contributed by atoms with van der Waals surface area (Å²) in [5, 5.41) is 6.09. The fourth-order valence-electron chi connectivity index (χ4n) is 6.89. The first-order valence-corrected chi connectivity index (χ1v) is 25.8. The number of Topliss-reactive ketones (excluding diaryl/α,β-unsaturated/α-hetero) is 6. The predicted octanol–water partition coefficient (Wildman–Crippen LogP) is 7.42. The van der Waals surface area contributed by atoms with Crippen LogP contribution in [-0.4, -0.2) is 108 Å². The van der Waals surface area contributed by atoms with Crippen molar-refractivity contribution in [3.05, 3.63) is 65.4 Å². The molecular formula is C46H63BrClN11O6S4. The first-order valence-electron chi connectivity index (χ1n) is 22.0. The summed E-state index contributed by atoms with van der Waals surface area (Å²) in [5.41, 5.74) is 20.9. The summed E-state index contributed by atoms with van der Waals surface area (Å²) in [4.78, 5) is 96.0. The van der Waals surface area contributed by atoms with Gasteiger partial charge in [0.15, 0.2) is 23.3 Å². The number of aromatic nitrogens is 5. The van der Waals surface area contributed by atoms with Crippen LogP contribution in [0.4, 0.5) is 5.95 Å². The molecule has 4 aromatic rings. The minimum absolute atomic E-state index is 0. The molecule has 4 heterocycles. The number of aliphatic imine (C=N–C) groups is 1. The summed E-state index contributed by atoms with van der Waals surface area (Å²) < 4.78 is 0. The zero-order chi connectivity index (χ0) is 50.7. The molecule has 23 heteroatoms. The average molecular weight is 1110 g/mol. The van der Waals surface area contributed by atoms with E-state index in [0.717, 1.165) is 98.8 Å². The second kappa shape index (κ2) is 30.1. The number of ketones is 6. The van der Waals surface area contributed by atoms with E-state index in [-0.39, 0.29) is 59.5 Å². The van der Waals surface area contributed by atoms with Gasteiger partial charge in [-0.1, -0.05) is 28.1 Å². The zero-order valence-electron chi connectivity index (χ0n) is 40.4. The maximum Gasteiger partial charge on any atom is 0.222 e. The van der Waals surface area contributed by atoms with Crippen LogP contribution in [0.5, 0.6) is 0 Å². The van der Waals surface area contributed by atoms with Crippen LogP contribution < -0.4 is 22.5 Å². The Labute approximate surface area is 436 Å². The van der Waals surface area contributed by atoms with Crippen molar-refractivity contribution in [3.63, 3.8) is 0 Å². The van der Waals surface area contributed by atoms with E-state index in [4.69, 9.17) is 17.2 Å². The Bertz CT molecular complexity index is 2480. The van der Waals surface area contributed by atoms with Gasteiger partial charge in [-0.2, -0.15) is 0 Å². The number of guanidine groups is 1. The molecule has 0 unspecified atom stereocenters. The normalized spacial score (nSPS) is 15.9. The lowest BCUT2D eigenvalue weighted by Gasteiger charge is -2.14. The number of anilines is 1. The molecule has 2 saturated carbocycles. The smallest absolute Gasteiger partial charge is 0.222 e. The molecule has 0 bridgehead atoms. The van der Waals surface area contributed by atoms with Crippen molar-refractivity contribution in [1.29, 1.82) is 0 Å². The molecule has 5 aliphatic rings. The number of hydrogen-bond acceptors (Lipinski definition) is 18. The van der Waals surface area contributed by atoms with Crippen molar-refractivity contribution < 1.29 is 28.8 Å². The van der Waals surface area contributed by atoms with Crippen molar-refractivity contribution in [2.75, 3.05) is 33.5 Å². The highest BCUT2D eigenvalue weighted by Crippen LogP contribution is 2.36. The molecule has 7 N–H and O–H groups in total. The Balaban J connectivity index is 0.000000288. The molecule has 0 spiro atoms. The largest absolute Gasteiger partial charge is 0.394 e. The molecule has 69 heavy (non-hydrogen) atoms. The lowest BCUT2D eigenvalue weighted by molar-refractivity contribution is -0.130. The fraction of sp³-hybridized carbons (Fsp3) is 0.500. The van der Waals surface area contributed by atoms with E-state index in [0.29, 0.717) is 43.0 Å². The van der Waals surface area contributed by atoms with Crippen LogP contribution in [0, 0.1) is 20.8 Å². The maximum atomic E-state index is 12.0. The maximum absolute atomic E-state index is 12.0. The minimum atomic E-state index is -0.494. The standard InChI is InChI=1S/C11H12N4S.C11H14N2OS.C8H9NOS.C6H7BrO2.C6H8O2.C2H7N3.C2H5NS.ClH/c1-6-14-8-4-3-7-5-13-11(12-2)15-9(7)10(8)16-6;1-7-12-9-5-4-8(6-13(2)3)10(14)11(9)15-7;1-5-9-6-3-2-4-7(10)8(6)11-5;7-6-4(8)2-1-3-5(6)9;7-5-2-1-3-6(8)4-5;1-5-2(3)4;1-2(3)4;/h5H,3-4H2,1-2H3,(H,12,13,15);6H,4-5H2,1-3H3;2-4H2,1H3;6H,1-3H2;1-4H2;1H3,(H4,3,4,5);1H3,(H2,3,4);1H/b;8-6-;;;;;;. The van der Waals surface area contributed by atoms with Gasteiger partial charge < -0.3 is 27.4 Å². The van der Waals surface area contributed by atoms with E-state index in [1.165, 1.54) is 45.9 Å². The van der Waals surface area contributed by atoms with Crippen LogP contribution in [0.25, 0.3) is 10.6 Å². The van der Waals surface area contributed by atoms with E-state index < -0.39 is 4.83 Å². The first-order chi connectivity index (χ1) is 32.1. The Morgan fingerprint density at radius 1 is 0.739 bits per heavy atom. The number of thiazole rings is 3. The molecule has 0 aliphatic heterocycles. The molecule has 2 fully saturated rings. The Hall–Kier alpha value is -4.74. The van der Waals surface area contributed by atoms with Crippen LogP contribution in [0.2, 0.25) is 0 Å². The molecule has 376 valence electrons. The number of fused-ring (bicyclic) bond motifs is 5. The highest BCUT2D eigenvalue weighted by Gasteiger charge is 2.27. The van der Waals surface area contributed by atoms with Crippen molar-refractivity contribution in [3.8, 4) is 10.6 Å². The van der Waals surface area contributed by atoms with Crippen molar-refractivity contribution in [2.45, 2.75) is 122 Å². The van der Waals surface area contributed by atoms with Gasteiger partial charge in [-0.15, -0.1) is 46.4 Å². The molecule has 4 aromatic heterocycles. The first kappa shape index (κ1) is 60.4. The summed E-state index contributed by atoms with van der Waals surface area (Å²) in [7, 11) is 7.25. The lowest BCUT2D eigenvalue weighted by Crippen LogP contribution is -2.28. The summed E-state index contributed by atoms with van der Waals surface area (Å²) in [6.07, 6.45) is 14.3. The van der Waals surface area contributed by atoms with Gasteiger partial charge in [0, 0.05) is 78.3 Å². The molecular weight excluding hydrogens is 1050 g/mol. The van der Waals surface area contributed by atoms with Gasteiger partial charge in [0.1, 0.15) is 16.4 Å². The molecule has 0 aromatic carbocycles. The number of nitrogens with two attached hydrogens (primary N) is 3. The quantitative estimate of drug-likeness (QED) is 0.0380. The third kappa shape index (κ3) is 20.3. The molecule has 0 amide bonds. The van der Waals surface area contributed by atoms with Crippen molar-refractivity contribution in [1.82, 2.24) is 29.8 Å². The SMILES string of the molecule is CC(N)=S.CN=C(N)N.CNc1ncc2c(n1)-c1sc(C)nc1CC2.Cc1nc2c(s1)C(=O)/C(=C\N(C)C)CC2.Cc1nc2c(s1)C(=O)CCC2.Cl.O=C1CCCC(=O)C1.O=C1CCCC(=O)C1Br. The van der Waals surface area contributed by atoms with E-state index >= 15 is 0 Å². The predicted molar refractivity (Wildman–Crippen MR) is 287 cm³/mol. The highest BCUT2D eigenvalue weighted by molar-refractivity contribution is 9.10. The van der Waals surface area contributed by atoms with Crippen LogP contribution in [-0.2, 0) is 44.9 Å². The Morgan fingerprint density at radius 3 is 1.67 bits per heavy atom. The third-order valence-corrected chi connectivity index (χ3v) is 14.0. The van der Waals surface area contributed by atoms with Gasteiger partial charge in [0.25, 0.3) is 0 Å². The molecule has 17 nitrogen and oxygen atoms in total. The highest BCUT2D eigenvalue weighted by atomic mass is 79.9. The number of carbonyl (C=O) groups is 6. The molecule has 0 saturated heterocycles. The average Bonchev–Trinajstić information content (AvgIpc) is 3.99. The van der Waals surface area contributed by atoms with Crippen LogP contribution in [0.15, 0.2) is 23.0 Å². The topological polar surface area (TPSA) is 273 Å². The number of carbonyl (C=O) groups excluding carboxylic acids is 6. The minimum Gasteiger partial charge on any atom is -0.394 e. The number of rotatable bonds is 2. The Morgan fingerprint density at radius 2 is 1.20 bits per heavy atom. The van der Waals surface area contributed by atoms with Crippen LogP contribution in [0.1, 0.15) is 128 Å². The second-order valence-corrected chi connectivity index (χ2v) is 21.3. The van der Waals surface area contributed by atoms with E-state index in [1.54, 1.807) is 18.3 Å². The van der Waals surface area contributed by atoms with Gasteiger partial charge >= 0.3 is 0 Å². The number of halogens is 2. The fourth-order valence-corrected chi connectivity index (χ4v) is 10.2. The number of alkyl halides is 1. The van der Waals surface area contributed by atoms with Crippen molar-refractivity contribution >= 4 is 126 Å². The van der Waals surface area contributed by atoms with E-state index in [9.17, 15) is 28.8 Å². The zero-order valence-corrected chi connectivity index (χ0v) is 46.0. The summed E-state index contributed by atoms with van der Waals surface area (Å²) in [6.45, 7) is 7.63. The van der Waals surface area contributed by atoms with Gasteiger partial charge in [0.2, 0.25) is 11.7 Å². The number of aryl methyl sites for hydroxylation is 7. The number of nitrogens with zero attached hydrogens (tertiary/aromatic N) is 7. The summed E-state index contributed by atoms with van der Waals surface area (Å²) >= 11 is 12.1. The van der Waals surface area contributed by atoms with Crippen LogP contribution in [0.3, 0.4) is 0 Å². The van der Waals surface area contributed by atoms with Gasteiger partial charge in [0.05, 0.1) is 63.8 Å². The number of allylic oxidation sites excluding steroid dienone is 1. The summed E-state index contributed by atoms with van der Waals surface area (Å²) in [5.74, 6) is 1.55.